The van der Waals surface area contributed by atoms with Crippen LogP contribution in [-0.2, 0) is 4.74 Å². The summed E-state index contributed by atoms with van der Waals surface area (Å²) < 4.78 is 19.9. The SMILES string of the molecule is CCOC1CC(CC(N)c2cccc(Br)c2F)C1. The Labute approximate surface area is 116 Å². The zero-order valence-electron chi connectivity index (χ0n) is 10.5. The van der Waals surface area contributed by atoms with Gasteiger partial charge in [0.25, 0.3) is 0 Å². The molecule has 0 amide bonds. The monoisotopic (exact) mass is 315 g/mol. The molecule has 0 radical (unpaired) electrons. The Kier molecular flexibility index (Phi) is 4.76. The van der Waals surface area contributed by atoms with Crippen LogP contribution in [-0.4, -0.2) is 12.7 Å². The topological polar surface area (TPSA) is 35.2 Å². The van der Waals surface area contributed by atoms with Gasteiger partial charge in [0.15, 0.2) is 0 Å². The van der Waals surface area contributed by atoms with Gasteiger partial charge in [0, 0.05) is 18.2 Å². The summed E-state index contributed by atoms with van der Waals surface area (Å²) in [6.07, 6.45) is 3.32. The van der Waals surface area contributed by atoms with Crippen LogP contribution in [0.3, 0.4) is 0 Å². The molecule has 1 aliphatic rings. The highest BCUT2D eigenvalue weighted by Crippen LogP contribution is 2.37. The van der Waals surface area contributed by atoms with Gasteiger partial charge in [-0.05, 0) is 54.1 Å². The highest BCUT2D eigenvalue weighted by molar-refractivity contribution is 9.10. The summed E-state index contributed by atoms with van der Waals surface area (Å²) in [6.45, 7) is 2.78. The first-order chi connectivity index (χ1) is 8.61. The highest BCUT2D eigenvalue weighted by Gasteiger charge is 2.31. The van der Waals surface area contributed by atoms with Gasteiger partial charge in [-0.2, -0.15) is 0 Å². The fraction of sp³-hybridized carbons (Fsp3) is 0.571. The third-order valence-corrected chi connectivity index (χ3v) is 4.18. The molecule has 0 heterocycles. The van der Waals surface area contributed by atoms with E-state index in [1.807, 2.05) is 13.0 Å². The lowest BCUT2D eigenvalue weighted by atomic mass is 9.77. The minimum absolute atomic E-state index is 0.227. The maximum absolute atomic E-state index is 13.9. The lowest BCUT2D eigenvalue weighted by molar-refractivity contribution is -0.0282. The van der Waals surface area contributed by atoms with E-state index in [4.69, 9.17) is 10.5 Å². The molecule has 2 N–H and O–H groups in total. The van der Waals surface area contributed by atoms with Crippen LogP contribution in [0.2, 0.25) is 0 Å². The molecule has 1 saturated carbocycles. The van der Waals surface area contributed by atoms with E-state index in [9.17, 15) is 4.39 Å². The van der Waals surface area contributed by atoms with Crippen LogP contribution < -0.4 is 5.73 Å². The van der Waals surface area contributed by atoms with E-state index in [1.165, 1.54) is 0 Å². The van der Waals surface area contributed by atoms with Gasteiger partial charge in [-0.15, -0.1) is 0 Å². The van der Waals surface area contributed by atoms with E-state index in [1.54, 1.807) is 12.1 Å². The molecular weight excluding hydrogens is 297 g/mol. The number of hydrogen-bond acceptors (Lipinski definition) is 2. The van der Waals surface area contributed by atoms with Crippen molar-refractivity contribution in [1.29, 1.82) is 0 Å². The normalized spacial score (nSPS) is 24.7. The molecule has 1 aliphatic carbocycles. The molecule has 0 spiro atoms. The number of rotatable bonds is 5. The van der Waals surface area contributed by atoms with Gasteiger partial charge < -0.3 is 10.5 Å². The zero-order valence-corrected chi connectivity index (χ0v) is 12.1. The fourth-order valence-electron chi connectivity index (χ4n) is 2.53. The number of benzene rings is 1. The quantitative estimate of drug-likeness (QED) is 0.897. The van der Waals surface area contributed by atoms with Crippen molar-refractivity contribution in [2.24, 2.45) is 11.7 Å². The summed E-state index contributed by atoms with van der Waals surface area (Å²) in [5.74, 6) is 0.334. The molecule has 0 aromatic heterocycles. The van der Waals surface area contributed by atoms with Crippen molar-refractivity contribution >= 4 is 15.9 Å². The third-order valence-electron chi connectivity index (χ3n) is 3.56. The molecule has 1 atom stereocenters. The first-order valence-corrected chi connectivity index (χ1v) is 7.22. The van der Waals surface area contributed by atoms with Crippen molar-refractivity contribution in [2.75, 3.05) is 6.61 Å². The second-order valence-corrected chi connectivity index (χ2v) is 5.75. The molecule has 1 fully saturated rings. The molecule has 1 unspecified atom stereocenters. The van der Waals surface area contributed by atoms with Crippen molar-refractivity contribution < 1.29 is 9.13 Å². The van der Waals surface area contributed by atoms with Crippen molar-refractivity contribution in [3.05, 3.63) is 34.1 Å². The van der Waals surface area contributed by atoms with Gasteiger partial charge in [0.05, 0.1) is 10.6 Å². The summed E-state index contributed by atoms with van der Waals surface area (Å²) in [7, 11) is 0. The largest absolute Gasteiger partial charge is 0.378 e. The van der Waals surface area contributed by atoms with Crippen LogP contribution in [0.4, 0.5) is 4.39 Å². The number of nitrogens with two attached hydrogens (primary N) is 1. The average molecular weight is 316 g/mol. The standard InChI is InChI=1S/C14H19BrFNO/c1-2-18-10-6-9(7-10)8-13(17)11-4-3-5-12(15)14(11)16/h3-5,9-10,13H,2,6-8,17H2,1H3. The Morgan fingerprint density at radius 1 is 1.50 bits per heavy atom. The first-order valence-electron chi connectivity index (χ1n) is 6.42. The molecule has 1 aromatic rings. The van der Waals surface area contributed by atoms with Crippen LogP contribution >= 0.6 is 15.9 Å². The van der Waals surface area contributed by atoms with Crippen molar-refractivity contribution in [1.82, 2.24) is 0 Å². The van der Waals surface area contributed by atoms with Gasteiger partial charge in [0.2, 0.25) is 0 Å². The summed E-state index contributed by atoms with van der Waals surface area (Å²) in [4.78, 5) is 0. The average Bonchev–Trinajstić information content (AvgIpc) is 2.30. The smallest absolute Gasteiger partial charge is 0.142 e. The van der Waals surface area contributed by atoms with E-state index in [2.05, 4.69) is 15.9 Å². The van der Waals surface area contributed by atoms with Crippen LogP contribution in [0.25, 0.3) is 0 Å². The molecular formula is C14H19BrFNO. The van der Waals surface area contributed by atoms with Gasteiger partial charge in [-0.1, -0.05) is 12.1 Å². The van der Waals surface area contributed by atoms with E-state index >= 15 is 0 Å². The van der Waals surface area contributed by atoms with Crippen LogP contribution in [0.1, 0.15) is 37.8 Å². The lowest BCUT2D eigenvalue weighted by Gasteiger charge is -2.36. The van der Waals surface area contributed by atoms with E-state index in [0.29, 0.717) is 22.1 Å². The fourth-order valence-corrected chi connectivity index (χ4v) is 2.91. The molecule has 4 heteroatoms. The summed E-state index contributed by atoms with van der Waals surface area (Å²) in [5, 5.41) is 0. The molecule has 2 rings (SSSR count). The van der Waals surface area contributed by atoms with Crippen molar-refractivity contribution in [3.8, 4) is 0 Å². The summed E-state index contributed by atoms with van der Waals surface area (Å²) in [5.41, 5.74) is 6.69. The predicted octanol–water partition coefficient (Wildman–Crippen LogP) is 3.79. The molecule has 0 saturated heterocycles. The van der Waals surface area contributed by atoms with E-state index < -0.39 is 0 Å². The Balaban J connectivity index is 1.89. The van der Waals surface area contributed by atoms with Crippen LogP contribution in [0, 0.1) is 11.7 Å². The van der Waals surface area contributed by atoms with Gasteiger partial charge in [-0.25, -0.2) is 4.39 Å². The Bertz CT molecular complexity index is 407. The number of ether oxygens (including phenoxy) is 1. The Morgan fingerprint density at radius 3 is 2.89 bits per heavy atom. The minimum atomic E-state index is -0.231. The zero-order chi connectivity index (χ0) is 13.1. The van der Waals surface area contributed by atoms with Gasteiger partial charge in [0.1, 0.15) is 5.82 Å². The first kappa shape index (κ1) is 14.0. The Hall–Kier alpha value is -0.450. The van der Waals surface area contributed by atoms with Gasteiger partial charge in [-0.3, -0.25) is 0 Å². The third kappa shape index (κ3) is 3.11. The second kappa shape index (κ2) is 6.13. The van der Waals surface area contributed by atoms with Crippen molar-refractivity contribution in [2.45, 2.75) is 38.3 Å². The molecule has 0 aliphatic heterocycles. The molecule has 18 heavy (non-hydrogen) atoms. The maximum Gasteiger partial charge on any atom is 0.142 e. The van der Waals surface area contributed by atoms with Crippen molar-refractivity contribution in [3.63, 3.8) is 0 Å². The van der Waals surface area contributed by atoms with Crippen LogP contribution in [0.15, 0.2) is 22.7 Å². The number of halogens is 2. The van der Waals surface area contributed by atoms with Crippen LogP contribution in [0.5, 0.6) is 0 Å². The number of hydrogen-bond donors (Lipinski definition) is 1. The lowest BCUT2D eigenvalue weighted by Crippen LogP contribution is -2.33. The van der Waals surface area contributed by atoms with E-state index in [-0.39, 0.29) is 11.9 Å². The maximum atomic E-state index is 13.9. The highest BCUT2D eigenvalue weighted by atomic mass is 79.9. The molecule has 2 nitrogen and oxygen atoms in total. The molecule has 100 valence electrons. The second-order valence-electron chi connectivity index (χ2n) is 4.90. The molecule has 0 bridgehead atoms. The molecule has 1 aromatic carbocycles. The Morgan fingerprint density at radius 2 is 2.22 bits per heavy atom. The van der Waals surface area contributed by atoms with Gasteiger partial charge >= 0.3 is 0 Å². The van der Waals surface area contributed by atoms with E-state index in [0.717, 1.165) is 25.9 Å². The minimum Gasteiger partial charge on any atom is -0.378 e. The summed E-state index contributed by atoms with van der Waals surface area (Å²) >= 11 is 3.19. The predicted molar refractivity (Wildman–Crippen MR) is 73.8 cm³/mol. The summed E-state index contributed by atoms with van der Waals surface area (Å²) in [6, 6.07) is 5.06.